The van der Waals surface area contributed by atoms with Crippen molar-refractivity contribution in [1.29, 1.82) is 0 Å². The molecule has 2 aromatic rings. The van der Waals surface area contributed by atoms with Gasteiger partial charge in [-0.25, -0.2) is 0 Å². The van der Waals surface area contributed by atoms with Crippen LogP contribution >= 0.6 is 0 Å². The highest BCUT2D eigenvalue weighted by molar-refractivity contribution is 6.01. The Morgan fingerprint density at radius 3 is 2.33 bits per heavy atom. The number of para-hydroxylation sites is 1. The van der Waals surface area contributed by atoms with Crippen molar-refractivity contribution in [2.75, 3.05) is 11.4 Å². The number of hydrogen-bond acceptors (Lipinski definition) is 3. The predicted octanol–water partition coefficient (Wildman–Crippen LogP) is 4.39. The second-order valence-corrected chi connectivity index (χ2v) is 7.16. The van der Waals surface area contributed by atoms with Crippen LogP contribution in [0.4, 0.5) is 5.69 Å². The fourth-order valence-corrected chi connectivity index (χ4v) is 3.67. The molecule has 1 amide bonds. The van der Waals surface area contributed by atoms with E-state index < -0.39 is 5.92 Å². The zero-order valence-corrected chi connectivity index (χ0v) is 16.5. The van der Waals surface area contributed by atoms with Crippen molar-refractivity contribution < 1.29 is 14.3 Å². The van der Waals surface area contributed by atoms with E-state index in [0.29, 0.717) is 12.3 Å². The van der Waals surface area contributed by atoms with Crippen LogP contribution in [0, 0.1) is 19.8 Å². The molecule has 4 nitrogen and oxygen atoms in total. The van der Waals surface area contributed by atoms with Crippen LogP contribution in [0.25, 0.3) is 0 Å². The molecule has 4 heteroatoms. The molecule has 0 saturated carbocycles. The normalized spacial score (nSPS) is 16.7. The van der Waals surface area contributed by atoms with E-state index >= 15 is 0 Å². The number of anilines is 1. The summed E-state index contributed by atoms with van der Waals surface area (Å²) in [5.74, 6) is -0.193. The first-order valence-corrected chi connectivity index (χ1v) is 9.65. The van der Waals surface area contributed by atoms with Crippen molar-refractivity contribution in [3.8, 4) is 5.75 Å². The predicted molar refractivity (Wildman–Crippen MR) is 107 cm³/mol. The number of aryl methyl sites for hydroxylation is 3. The third-order valence-corrected chi connectivity index (χ3v) is 5.46. The zero-order chi connectivity index (χ0) is 19.6. The Hall–Kier alpha value is -2.62. The molecule has 1 saturated heterocycles. The second-order valence-electron chi connectivity index (χ2n) is 7.16. The zero-order valence-electron chi connectivity index (χ0n) is 16.5. The van der Waals surface area contributed by atoms with Crippen LogP contribution in [-0.2, 0) is 22.4 Å². The van der Waals surface area contributed by atoms with Gasteiger partial charge in [-0.1, -0.05) is 44.2 Å². The van der Waals surface area contributed by atoms with E-state index in [2.05, 4.69) is 26.0 Å². The topological polar surface area (TPSA) is 46.6 Å². The van der Waals surface area contributed by atoms with Crippen LogP contribution in [0.3, 0.4) is 0 Å². The van der Waals surface area contributed by atoms with Crippen LogP contribution in [0.1, 0.15) is 42.5 Å². The Morgan fingerprint density at radius 2 is 1.70 bits per heavy atom. The summed E-state index contributed by atoms with van der Waals surface area (Å²) in [6.07, 6.45) is 1.90. The molecule has 1 aliphatic heterocycles. The van der Waals surface area contributed by atoms with Crippen LogP contribution in [-0.4, -0.2) is 18.4 Å². The summed E-state index contributed by atoms with van der Waals surface area (Å²) in [5.41, 5.74) is 5.30. The van der Waals surface area contributed by atoms with Gasteiger partial charge in [-0.2, -0.15) is 0 Å². The van der Waals surface area contributed by atoms with Crippen molar-refractivity contribution in [1.82, 2.24) is 0 Å². The van der Waals surface area contributed by atoms with Crippen LogP contribution in [0.2, 0.25) is 0 Å². The maximum Gasteiger partial charge on any atom is 0.316 e. The monoisotopic (exact) mass is 365 g/mol. The van der Waals surface area contributed by atoms with Crippen LogP contribution < -0.4 is 9.64 Å². The molecule has 1 heterocycles. The molecule has 2 aromatic carbocycles. The Bertz CT molecular complexity index is 850. The summed E-state index contributed by atoms with van der Waals surface area (Å²) in [4.78, 5) is 27.2. The van der Waals surface area contributed by atoms with Gasteiger partial charge in [0.05, 0.1) is 5.92 Å². The van der Waals surface area contributed by atoms with E-state index in [0.717, 1.165) is 40.8 Å². The highest BCUT2D eigenvalue weighted by atomic mass is 16.5. The largest absolute Gasteiger partial charge is 0.426 e. The number of nitrogens with zero attached hydrogens (tertiary/aromatic N) is 1. The average Bonchev–Trinajstić information content (AvgIpc) is 3.06. The van der Waals surface area contributed by atoms with E-state index in [1.807, 2.05) is 32.0 Å². The van der Waals surface area contributed by atoms with Crippen molar-refractivity contribution in [2.45, 2.75) is 47.0 Å². The average molecular weight is 365 g/mol. The van der Waals surface area contributed by atoms with Gasteiger partial charge in [-0.05, 0) is 55.0 Å². The first-order valence-electron chi connectivity index (χ1n) is 9.65. The van der Waals surface area contributed by atoms with Gasteiger partial charge in [0, 0.05) is 18.7 Å². The van der Waals surface area contributed by atoms with Gasteiger partial charge in [0.2, 0.25) is 5.91 Å². The molecule has 142 valence electrons. The van der Waals surface area contributed by atoms with Gasteiger partial charge >= 0.3 is 5.97 Å². The Kier molecular flexibility index (Phi) is 5.64. The summed E-state index contributed by atoms with van der Waals surface area (Å²) in [6.45, 7) is 8.49. The van der Waals surface area contributed by atoms with Gasteiger partial charge in [0.15, 0.2) is 0 Å². The molecule has 0 aromatic heterocycles. The van der Waals surface area contributed by atoms with Gasteiger partial charge in [0.1, 0.15) is 5.75 Å². The summed E-state index contributed by atoms with van der Waals surface area (Å²) >= 11 is 0. The molecule has 0 aliphatic carbocycles. The molecule has 0 bridgehead atoms. The molecular weight excluding hydrogens is 338 g/mol. The maximum absolute atomic E-state index is 12.7. The Labute approximate surface area is 161 Å². The lowest BCUT2D eigenvalue weighted by molar-refractivity contribution is -0.139. The summed E-state index contributed by atoms with van der Waals surface area (Å²) in [5, 5.41) is 0. The van der Waals surface area contributed by atoms with E-state index in [-0.39, 0.29) is 18.3 Å². The highest BCUT2D eigenvalue weighted by Crippen LogP contribution is 2.33. The molecule has 0 unspecified atom stereocenters. The summed E-state index contributed by atoms with van der Waals surface area (Å²) < 4.78 is 5.64. The minimum absolute atomic E-state index is 0.00601. The third kappa shape index (κ3) is 3.75. The molecule has 0 spiro atoms. The standard InChI is InChI=1S/C23H27NO3/c1-5-17-10-8-11-18(6-2)22(17)24-14-19(13-21(24)25)23(26)27-20-12-7-9-15(3)16(20)4/h7-12,19H,5-6,13-14H2,1-4H3/t19-/m0/s1. The number of amides is 1. The summed E-state index contributed by atoms with van der Waals surface area (Å²) in [7, 11) is 0. The maximum atomic E-state index is 12.7. The van der Waals surface area contributed by atoms with Gasteiger partial charge in [-0.3, -0.25) is 9.59 Å². The van der Waals surface area contributed by atoms with Crippen LogP contribution in [0.5, 0.6) is 5.75 Å². The van der Waals surface area contributed by atoms with Crippen molar-refractivity contribution in [3.05, 3.63) is 58.7 Å². The first-order chi connectivity index (χ1) is 13.0. The quantitative estimate of drug-likeness (QED) is 0.583. The molecule has 27 heavy (non-hydrogen) atoms. The molecule has 0 N–H and O–H groups in total. The minimum atomic E-state index is -0.438. The smallest absolute Gasteiger partial charge is 0.316 e. The molecule has 1 atom stereocenters. The Balaban J connectivity index is 1.82. The number of hydrogen-bond donors (Lipinski definition) is 0. The van der Waals surface area contributed by atoms with E-state index in [1.54, 1.807) is 11.0 Å². The molecule has 1 aliphatic rings. The number of esters is 1. The Morgan fingerprint density at radius 1 is 1.07 bits per heavy atom. The summed E-state index contributed by atoms with van der Waals surface area (Å²) in [6, 6.07) is 11.8. The first kappa shape index (κ1) is 19.2. The van der Waals surface area contributed by atoms with E-state index in [9.17, 15) is 9.59 Å². The molecule has 3 rings (SSSR count). The lowest BCUT2D eigenvalue weighted by Crippen LogP contribution is -2.29. The van der Waals surface area contributed by atoms with Gasteiger partial charge in [-0.15, -0.1) is 0 Å². The van der Waals surface area contributed by atoms with Crippen molar-refractivity contribution in [2.24, 2.45) is 5.92 Å². The minimum Gasteiger partial charge on any atom is -0.426 e. The van der Waals surface area contributed by atoms with Gasteiger partial charge in [0.25, 0.3) is 0 Å². The van der Waals surface area contributed by atoms with E-state index in [4.69, 9.17) is 4.74 Å². The number of ether oxygens (including phenoxy) is 1. The highest BCUT2D eigenvalue weighted by Gasteiger charge is 2.37. The fraction of sp³-hybridized carbons (Fsp3) is 0.391. The second kappa shape index (κ2) is 7.95. The van der Waals surface area contributed by atoms with E-state index in [1.165, 1.54) is 0 Å². The number of carbonyl (C=O) groups excluding carboxylic acids is 2. The lowest BCUT2D eigenvalue weighted by Gasteiger charge is -2.23. The SMILES string of the molecule is CCc1cccc(CC)c1N1C[C@@H](C(=O)Oc2cccc(C)c2C)CC1=O. The number of rotatable bonds is 5. The molecule has 1 fully saturated rings. The molecule has 0 radical (unpaired) electrons. The number of carbonyl (C=O) groups is 2. The van der Waals surface area contributed by atoms with Crippen molar-refractivity contribution >= 4 is 17.6 Å². The van der Waals surface area contributed by atoms with Crippen LogP contribution in [0.15, 0.2) is 36.4 Å². The third-order valence-electron chi connectivity index (χ3n) is 5.46. The van der Waals surface area contributed by atoms with Crippen molar-refractivity contribution in [3.63, 3.8) is 0 Å². The lowest BCUT2D eigenvalue weighted by atomic mass is 10.0. The van der Waals surface area contributed by atoms with Gasteiger partial charge < -0.3 is 9.64 Å². The number of benzene rings is 2. The molecular formula is C23H27NO3. The fourth-order valence-electron chi connectivity index (χ4n) is 3.67.